The van der Waals surface area contributed by atoms with Crippen LogP contribution < -0.4 is 4.74 Å². The number of allylic oxidation sites excluding steroid dienone is 2. The lowest BCUT2D eigenvalue weighted by Crippen LogP contribution is -2.14. The standard InChI is InChI=1S/C23H19ClF3NO3/c1-22(2)17(13-18(24)23(25,26)27)19(22)21(29)31-20(28-3)14-8-7-11-16(12-14)30-15-9-5-4-6-10-15/h4-13,17,19-20H,1-2H3/t17-,19-,20-/m0/s1. The van der Waals surface area contributed by atoms with Crippen LogP contribution in [0.25, 0.3) is 4.85 Å². The molecule has 3 rings (SSSR count). The molecule has 0 heterocycles. The quantitative estimate of drug-likeness (QED) is 0.356. The van der Waals surface area contributed by atoms with Crippen molar-refractivity contribution in [2.45, 2.75) is 26.3 Å². The molecule has 4 nitrogen and oxygen atoms in total. The molecule has 1 saturated carbocycles. The molecular formula is C23H19ClF3NO3. The fourth-order valence-electron chi connectivity index (χ4n) is 3.40. The molecule has 31 heavy (non-hydrogen) atoms. The summed E-state index contributed by atoms with van der Waals surface area (Å²) in [5.74, 6) is -1.23. The lowest BCUT2D eigenvalue weighted by molar-refractivity contribution is -0.150. The molecule has 3 atom stereocenters. The van der Waals surface area contributed by atoms with E-state index in [1.807, 2.05) is 18.2 Å². The number of carbonyl (C=O) groups is 1. The Bertz CT molecular complexity index is 1030. The van der Waals surface area contributed by atoms with E-state index in [2.05, 4.69) is 4.85 Å². The van der Waals surface area contributed by atoms with Crippen LogP contribution >= 0.6 is 11.6 Å². The summed E-state index contributed by atoms with van der Waals surface area (Å²) in [7, 11) is 0. The van der Waals surface area contributed by atoms with Gasteiger partial charge in [0.25, 0.3) is 0 Å². The van der Waals surface area contributed by atoms with E-state index in [-0.39, 0.29) is 0 Å². The predicted octanol–water partition coefficient (Wildman–Crippen LogP) is 6.90. The van der Waals surface area contributed by atoms with Crippen molar-refractivity contribution in [3.8, 4) is 11.5 Å². The Labute approximate surface area is 183 Å². The van der Waals surface area contributed by atoms with Crippen molar-refractivity contribution in [2.75, 3.05) is 0 Å². The van der Waals surface area contributed by atoms with Gasteiger partial charge in [-0.3, -0.25) is 9.64 Å². The van der Waals surface area contributed by atoms with Gasteiger partial charge < -0.3 is 9.47 Å². The van der Waals surface area contributed by atoms with Crippen LogP contribution in [0.15, 0.2) is 65.7 Å². The SMILES string of the molecule is [C-]#[N+][C@@H](OC(=O)[C@@H]1[C@H](C=C(Cl)C(F)(F)F)C1(C)C)c1cccc(Oc2ccccc2)c1. The van der Waals surface area contributed by atoms with Crippen molar-refractivity contribution in [1.82, 2.24) is 0 Å². The Hall–Kier alpha value is -2.98. The fraction of sp³-hybridized carbons (Fsp3) is 0.304. The van der Waals surface area contributed by atoms with Crippen LogP contribution in [0, 0.1) is 23.8 Å². The van der Waals surface area contributed by atoms with Gasteiger partial charge in [-0.05, 0) is 41.7 Å². The predicted molar refractivity (Wildman–Crippen MR) is 109 cm³/mol. The van der Waals surface area contributed by atoms with Crippen LogP contribution in [0.2, 0.25) is 0 Å². The zero-order chi connectivity index (χ0) is 22.8. The molecule has 2 aromatic rings. The van der Waals surface area contributed by atoms with Crippen molar-refractivity contribution >= 4 is 17.6 Å². The van der Waals surface area contributed by atoms with Gasteiger partial charge in [-0.1, -0.05) is 55.8 Å². The van der Waals surface area contributed by atoms with E-state index in [4.69, 9.17) is 27.6 Å². The Balaban J connectivity index is 1.72. The minimum atomic E-state index is -4.67. The van der Waals surface area contributed by atoms with E-state index in [1.165, 1.54) is 0 Å². The topological polar surface area (TPSA) is 39.9 Å². The summed E-state index contributed by atoms with van der Waals surface area (Å²) in [5.41, 5.74) is -0.358. The van der Waals surface area contributed by atoms with E-state index in [9.17, 15) is 18.0 Å². The minimum absolute atomic E-state index is 0.399. The third-order valence-electron chi connectivity index (χ3n) is 5.23. The Morgan fingerprint density at radius 3 is 2.42 bits per heavy atom. The first-order valence-corrected chi connectivity index (χ1v) is 9.76. The van der Waals surface area contributed by atoms with E-state index in [0.29, 0.717) is 17.1 Å². The molecule has 0 saturated heterocycles. The third kappa shape index (κ3) is 5.20. The molecule has 0 radical (unpaired) electrons. The maximum Gasteiger partial charge on any atom is 0.426 e. The number of alkyl halides is 3. The molecule has 0 amide bonds. The second-order valence-electron chi connectivity index (χ2n) is 7.74. The van der Waals surface area contributed by atoms with Crippen molar-refractivity contribution in [3.63, 3.8) is 0 Å². The number of benzene rings is 2. The third-order valence-corrected chi connectivity index (χ3v) is 5.57. The van der Waals surface area contributed by atoms with Crippen LogP contribution in [0.4, 0.5) is 13.2 Å². The largest absolute Gasteiger partial charge is 0.457 e. The zero-order valence-corrected chi connectivity index (χ0v) is 17.4. The number of rotatable bonds is 6. The zero-order valence-electron chi connectivity index (χ0n) is 16.7. The van der Waals surface area contributed by atoms with E-state index < -0.39 is 40.7 Å². The highest BCUT2D eigenvalue weighted by atomic mass is 35.5. The molecule has 8 heteroatoms. The summed E-state index contributed by atoms with van der Waals surface area (Å²) in [6, 6.07) is 15.6. The van der Waals surface area contributed by atoms with Crippen LogP contribution in [-0.2, 0) is 9.53 Å². The number of esters is 1. The summed E-state index contributed by atoms with van der Waals surface area (Å²) in [4.78, 5) is 16.0. The summed E-state index contributed by atoms with van der Waals surface area (Å²) < 4.78 is 49.3. The Kier molecular flexibility index (Phi) is 6.33. The van der Waals surface area contributed by atoms with Crippen molar-refractivity contribution in [1.29, 1.82) is 0 Å². The molecule has 0 N–H and O–H groups in total. The number of carbonyl (C=O) groups excluding carboxylic acids is 1. The fourth-order valence-corrected chi connectivity index (χ4v) is 3.54. The average Bonchev–Trinajstić information content (AvgIpc) is 3.26. The minimum Gasteiger partial charge on any atom is -0.457 e. The van der Waals surface area contributed by atoms with Crippen LogP contribution in [0.1, 0.15) is 25.6 Å². The average molecular weight is 450 g/mol. The van der Waals surface area contributed by atoms with Gasteiger partial charge in [0.1, 0.15) is 16.5 Å². The molecule has 1 aliphatic rings. The second-order valence-corrected chi connectivity index (χ2v) is 8.15. The molecule has 1 fully saturated rings. The summed E-state index contributed by atoms with van der Waals surface area (Å²) in [6.07, 6.45) is -5.08. The Morgan fingerprint density at radius 1 is 1.16 bits per heavy atom. The summed E-state index contributed by atoms with van der Waals surface area (Å²) >= 11 is 5.32. The van der Waals surface area contributed by atoms with Crippen molar-refractivity contribution < 1.29 is 27.4 Å². The van der Waals surface area contributed by atoms with Gasteiger partial charge in [0.05, 0.1) is 11.5 Å². The monoisotopic (exact) mass is 449 g/mol. The van der Waals surface area contributed by atoms with E-state index >= 15 is 0 Å². The molecule has 0 unspecified atom stereocenters. The van der Waals surface area contributed by atoms with Gasteiger partial charge >= 0.3 is 18.4 Å². The highest BCUT2D eigenvalue weighted by Gasteiger charge is 2.62. The normalized spacial score (nSPS) is 21.0. The highest BCUT2D eigenvalue weighted by Crippen LogP contribution is 2.60. The molecule has 2 aromatic carbocycles. The van der Waals surface area contributed by atoms with Gasteiger partial charge in [0.2, 0.25) is 0 Å². The van der Waals surface area contributed by atoms with Gasteiger partial charge in [0.15, 0.2) is 0 Å². The number of ether oxygens (including phenoxy) is 2. The lowest BCUT2D eigenvalue weighted by atomic mass is 10.1. The van der Waals surface area contributed by atoms with Gasteiger partial charge in [-0.15, -0.1) is 0 Å². The van der Waals surface area contributed by atoms with Crippen molar-refractivity contribution in [3.05, 3.63) is 82.7 Å². The Morgan fingerprint density at radius 2 is 1.81 bits per heavy atom. The molecule has 0 aliphatic heterocycles. The molecule has 0 spiro atoms. The molecular weight excluding hydrogens is 431 g/mol. The molecule has 1 aliphatic carbocycles. The summed E-state index contributed by atoms with van der Waals surface area (Å²) in [5, 5.41) is -1.27. The van der Waals surface area contributed by atoms with Crippen LogP contribution in [0.3, 0.4) is 0 Å². The lowest BCUT2D eigenvalue weighted by Gasteiger charge is -2.10. The van der Waals surface area contributed by atoms with Crippen molar-refractivity contribution in [2.24, 2.45) is 17.3 Å². The van der Waals surface area contributed by atoms with E-state index in [0.717, 1.165) is 6.08 Å². The number of hydrogen-bond acceptors (Lipinski definition) is 3. The number of hydrogen-bond donors (Lipinski definition) is 0. The van der Waals surface area contributed by atoms with E-state index in [1.54, 1.807) is 50.2 Å². The molecule has 0 bridgehead atoms. The maximum absolute atomic E-state index is 12.7. The number of nitrogens with zero attached hydrogens (tertiary/aromatic N) is 1. The van der Waals surface area contributed by atoms with Gasteiger partial charge in [-0.25, -0.2) is 6.57 Å². The first kappa shape index (κ1) is 22.7. The first-order chi connectivity index (χ1) is 14.5. The number of halogens is 4. The van der Waals surface area contributed by atoms with Gasteiger partial charge in [-0.2, -0.15) is 13.2 Å². The first-order valence-electron chi connectivity index (χ1n) is 9.38. The maximum atomic E-state index is 12.7. The van der Waals surface area contributed by atoms with Crippen LogP contribution in [0.5, 0.6) is 11.5 Å². The number of para-hydroxylation sites is 1. The van der Waals surface area contributed by atoms with Gasteiger partial charge in [0, 0.05) is 0 Å². The second kappa shape index (κ2) is 8.64. The van der Waals surface area contributed by atoms with Crippen LogP contribution in [-0.4, -0.2) is 12.1 Å². The highest BCUT2D eigenvalue weighted by molar-refractivity contribution is 6.30. The molecule has 162 valence electrons. The molecule has 0 aromatic heterocycles. The summed E-state index contributed by atoms with van der Waals surface area (Å²) in [6.45, 7) is 10.7. The smallest absolute Gasteiger partial charge is 0.426 e.